The number of likely N-dealkylation sites (N-methyl/N-ethyl adjacent to an activating group) is 1. The Morgan fingerprint density at radius 1 is 1.24 bits per heavy atom. The van der Waals surface area contributed by atoms with Crippen molar-refractivity contribution >= 4 is 39.2 Å². The highest BCUT2D eigenvalue weighted by molar-refractivity contribution is 7.91. The fraction of sp³-hybridized carbons (Fsp3) is 0.476. The number of Topliss-reactive ketones (excluding diaryl/α,β-unsaturated/α-hetero) is 1. The van der Waals surface area contributed by atoms with Gasteiger partial charge in [0.2, 0.25) is 5.91 Å². The van der Waals surface area contributed by atoms with Crippen LogP contribution in [0.15, 0.2) is 29.3 Å². The van der Waals surface area contributed by atoms with E-state index >= 15 is 0 Å². The minimum atomic E-state index is -3.58. The summed E-state index contributed by atoms with van der Waals surface area (Å²) in [4.78, 5) is 57.3. The van der Waals surface area contributed by atoms with Crippen LogP contribution in [-0.4, -0.2) is 84.7 Å². The fourth-order valence-corrected chi connectivity index (χ4v) is 4.52. The van der Waals surface area contributed by atoms with Gasteiger partial charge in [0.1, 0.15) is 17.4 Å². The Morgan fingerprint density at radius 3 is 2.52 bits per heavy atom. The van der Waals surface area contributed by atoms with Gasteiger partial charge in [-0.2, -0.15) is 0 Å². The van der Waals surface area contributed by atoms with E-state index in [4.69, 9.17) is 0 Å². The van der Waals surface area contributed by atoms with E-state index in [1.807, 2.05) is 0 Å². The van der Waals surface area contributed by atoms with Gasteiger partial charge in [0, 0.05) is 25.9 Å². The van der Waals surface area contributed by atoms with Gasteiger partial charge in [0.15, 0.2) is 15.9 Å². The summed E-state index contributed by atoms with van der Waals surface area (Å²) in [6.45, 7) is 2.04. The number of hydrogen-bond donors (Lipinski definition) is 1. The third-order valence-corrected chi connectivity index (χ3v) is 6.22. The van der Waals surface area contributed by atoms with E-state index in [-0.39, 0.29) is 25.5 Å². The van der Waals surface area contributed by atoms with E-state index in [9.17, 15) is 32.0 Å². The molecule has 1 saturated heterocycles. The van der Waals surface area contributed by atoms with E-state index in [2.05, 4.69) is 10.3 Å². The van der Waals surface area contributed by atoms with Crippen molar-refractivity contribution in [1.29, 1.82) is 0 Å². The van der Waals surface area contributed by atoms with Crippen LogP contribution in [0.2, 0.25) is 0 Å². The lowest BCUT2D eigenvalue weighted by molar-refractivity contribution is -0.146. The topological polar surface area (TPSA) is 133 Å². The number of fused-ring (bicyclic) bond motifs is 1. The third-order valence-electron chi connectivity index (χ3n) is 5.45. The van der Waals surface area contributed by atoms with Crippen LogP contribution in [0.25, 0.3) is 0 Å². The Hall–Kier alpha value is -3.15. The summed E-state index contributed by atoms with van der Waals surface area (Å²) in [6, 6.07) is 3.06. The van der Waals surface area contributed by atoms with Gasteiger partial charge in [-0.15, -0.1) is 0 Å². The zero-order valence-electron chi connectivity index (χ0n) is 18.3. The number of halogens is 1. The summed E-state index contributed by atoms with van der Waals surface area (Å²) in [5.41, 5.74) is 0.590. The number of nitrogens with one attached hydrogen (secondary N) is 1. The molecule has 0 aromatic heterocycles. The molecule has 2 heterocycles. The largest absolute Gasteiger partial charge is 0.350 e. The lowest BCUT2D eigenvalue weighted by atomic mass is 9.97. The smallest absolute Gasteiger partial charge is 0.298 e. The molecule has 10 nitrogen and oxygen atoms in total. The van der Waals surface area contributed by atoms with Crippen molar-refractivity contribution in [1.82, 2.24) is 15.1 Å². The maximum absolute atomic E-state index is 13.1. The molecular formula is C21H25FN4O6S. The number of amides is 3. The minimum Gasteiger partial charge on any atom is -0.350 e. The zero-order valence-corrected chi connectivity index (χ0v) is 19.1. The number of benzene rings is 1. The first-order valence-electron chi connectivity index (χ1n) is 10.4. The maximum Gasteiger partial charge on any atom is 0.298 e. The summed E-state index contributed by atoms with van der Waals surface area (Å²) in [6.07, 6.45) is 1.84. The van der Waals surface area contributed by atoms with E-state index in [1.54, 1.807) is 6.92 Å². The molecular weight excluding hydrogens is 455 g/mol. The van der Waals surface area contributed by atoms with E-state index in [0.29, 0.717) is 18.4 Å². The van der Waals surface area contributed by atoms with Crippen LogP contribution in [0.4, 0.5) is 4.39 Å². The Labute approximate surface area is 190 Å². The summed E-state index contributed by atoms with van der Waals surface area (Å²) in [5.74, 6) is -4.33. The van der Waals surface area contributed by atoms with Gasteiger partial charge >= 0.3 is 0 Å². The molecule has 0 saturated carbocycles. The Balaban J connectivity index is 1.85. The molecule has 12 heteroatoms. The Bertz CT molecular complexity index is 1100. The van der Waals surface area contributed by atoms with Crippen LogP contribution in [-0.2, 0) is 35.6 Å². The van der Waals surface area contributed by atoms with Crippen LogP contribution in [0, 0.1) is 5.82 Å². The number of carbonyl (C=O) groups excluding carboxylic acids is 4. The average Bonchev–Trinajstić information content (AvgIpc) is 2.75. The molecule has 1 N–H and O–H groups in total. The van der Waals surface area contributed by atoms with E-state index in [1.165, 1.54) is 29.2 Å². The molecule has 178 valence electrons. The second-order valence-electron chi connectivity index (χ2n) is 7.96. The second kappa shape index (κ2) is 9.77. The van der Waals surface area contributed by atoms with Crippen LogP contribution < -0.4 is 5.32 Å². The molecule has 1 aromatic rings. The van der Waals surface area contributed by atoms with Gasteiger partial charge in [-0.25, -0.2) is 17.8 Å². The number of piperidine rings is 1. The molecule has 33 heavy (non-hydrogen) atoms. The van der Waals surface area contributed by atoms with Crippen molar-refractivity contribution in [2.45, 2.75) is 38.4 Å². The van der Waals surface area contributed by atoms with Gasteiger partial charge in [0.05, 0.1) is 6.04 Å². The van der Waals surface area contributed by atoms with E-state index < -0.39 is 57.0 Å². The SMILES string of the molecule is CCN(C(=O)CS(C)(=O)=O)C1CCCN2C(=O)C(=O)C(C(=O)NCc3ccc(F)cc3)N=C12. The molecule has 1 fully saturated rings. The normalized spacial score (nSPS) is 20.7. The number of rotatable bonds is 7. The summed E-state index contributed by atoms with van der Waals surface area (Å²) in [7, 11) is -3.58. The zero-order chi connectivity index (χ0) is 24.3. The number of nitrogens with zero attached hydrogens (tertiary/aromatic N) is 3. The molecule has 0 radical (unpaired) electrons. The highest BCUT2D eigenvalue weighted by atomic mass is 32.2. The van der Waals surface area contributed by atoms with Crippen LogP contribution in [0.1, 0.15) is 25.3 Å². The monoisotopic (exact) mass is 480 g/mol. The third kappa shape index (κ3) is 5.62. The molecule has 2 atom stereocenters. The first kappa shape index (κ1) is 24.5. The predicted molar refractivity (Wildman–Crippen MR) is 116 cm³/mol. The van der Waals surface area contributed by atoms with Crippen LogP contribution in [0.3, 0.4) is 0 Å². The highest BCUT2D eigenvalue weighted by Crippen LogP contribution is 2.24. The number of hydrogen-bond acceptors (Lipinski definition) is 7. The molecule has 2 unspecified atom stereocenters. The quantitative estimate of drug-likeness (QED) is 0.420. The average molecular weight is 481 g/mol. The van der Waals surface area contributed by atoms with Gasteiger partial charge in [-0.05, 0) is 37.5 Å². The van der Waals surface area contributed by atoms with Crippen molar-refractivity contribution < 1.29 is 32.0 Å². The molecule has 0 spiro atoms. The van der Waals surface area contributed by atoms with E-state index in [0.717, 1.165) is 11.2 Å². The molecule has 2 aliphatic heterocycles. The molecule has 0 bridgehead atoms. The molecule has 3 rings (SSSR count). The van der Waals surface area contributed by atoms with Gasteiger partial charge < -0.3 is 10.2 Å². The number of ketones is 1. The second-order valence-corrected chi connectivity index (χ2v) is 10.1. The van der Waals surface area contributed by atoms with Crippen molar-refractivity contribution in [3.8, 4) is 0 Å². The number of sulfone groups is 1. The van der Waals surface area contributed by atoms with Crippen LogP contribution >= 0.6 is 0 Å². The lowest BCUT2D eigenvalue weighted by Crippen LogP contribution is -2.62. The summed E-state index contributed by atoms with van der Waals surface area (Å²) in [5, 5.41) is 2.53. The molecule has 3 amide bonds. The molecule has 1 aromatic carbocycles. The van der Waals surface area contributed by atoms with Crippen molar-refractivity contribution in [3.63, 3.8) is 0 Å². The fourth-order valence-electron chi connectivity index (χ4n) is 3.91. The minimum absolute atomic E-state index is 0.00299. The number of carbonyl (C=O) groups is 4. The first-order chi connectivity index (χ1) is 15.5. The lowest BCUT2D eigenvalue weighted by Gasteiger charge is -2.42. The van der Waals surface area contributed by atoms with Gasteiger partial charge in [-0.1, -0.05) is 12.1 Å². The Morgan fingerprint density at radius 2 is 1.91 bits per heavy atom. The summed E-state index contributed by atoms with van der Waals surface area (Å²) < 4.78 is 36.3. The molecule has 0 aliphatic carbocycles. The highest BCUT2D eigenvalue weighted by Gasteiger charge is 2.46. The van der Waals surface area contributed by atoms with Crippen molar-refractivity contribution in [2.24, 2.45) is 4.99 Å². The number of amidine groups is 1. The standard InChI is InChI=1S/C21H25FN4O6S/c1-3-25(16(27)12-33(2,31)32)15-5-4-10-26-19(15)24-17(18(28)21(26)30)20(29)23-11-13-6-8-14(22)9-7-13/h6-9,15,17H,3-5,10-12H2,1-2H3,(H,23,29). The number of aliphatic imine (C=N–C) groups is 1. The van der Waals surface area contributed by atoms with Gasteiger partial charge in [0.25, 0.3) is 17.6 Å². The van der Waals surface area contributed by atoms with Crippen LogP contribution in [0.5, 0.6) is 0 Å². The van der Waals surface area contributed by atoms with Gasteiger partial charge in [-0.3, -0.25) is 24.1 Å². The predicted octanol–water partition coefficient (Wildman–Crippen LogP) is -0.324. The first-order valence-corrected chi connectivity index (χ1v) is 12.5. The maximum atomic E-state index is 13.1. The summed E-state index contributed by atoms with van der Waals surface area (Å²) >= 11 is 0. The van der Waals surface area contributed by atoms with Crippen molar-refractivity contribution in [2.75, 3.05) is 25.1 Å². The molecule has 2 aliphatic rings. The Kier molecular flexibility index (Phi) is 7.25. The van der Waals surface area contributed by atoms with Crippen molar-refractivity contribution in [3.05, 3.63) is 35.6 Å².